The van der Waals surface area contributed by atoms with Crippen molar-refractivity contribution in [1.29, 1.82) is 0 Å². The van der Waals surface area contributed by atoms with Crippen molar-refractivity contribution in [2.45, 2.75) is 52.6 Å². The number of aryl methyl sites for hydroxylation is 2. The molecular formula is C16H25N3S. The summed E-state index contributed by atoms with van der Waals surface area (Å²) in [5.41, 5.74) is 2.54. The van der Waals surface area contributed by atoms with E-state index in [-0.39, 0.29) is 0 Å². The Morgan fingerprint density at radius 3 is 2.80 bits per heavy atom. The minimum atomic E-state index is 0.404. The fourth-order valence-corrected chi connectivity index (χ4v) is 3.22. The van der Waals surface area contributed by atoms with Gasteiger partial charge in [0.1, 0.15) is 0 Å². The minimum absolute atomic E-state index is 0.404. The Kier molecular flexibility index (Phi) is 5.80. The first-order chi connectivity index (χ1) is 9.78. The van der Waals surface area contributed by atoms with E-state index < -0.39 is 0 Å². The molecular weight excluding hydrogens is 266 g/mol. The summed E-state index contributed by atoms with van der Waals surface area (Å²) in [5.74, 6) is 0. The van der Waals surface area contributed by atoms with Gasteiger partial charge >= 0.3 is 0 Å². The summed E-state index contributed by atoms with van der Waals surface area (Å²) < 4.78 is 2.15. The van der Waals surface area contributed by atoms with Crippen molar-refractivity contribution in [3.05, 3.63) is 39.8 Å². The first-order valence-corrected chi connectivity index (χ1v) is 8.48. The van der Waals surface area contributed by atoms with Gasteiger partial charge in [-0.15, -0.1) is 11.3 Å². The third-order valence-corrected chi connectivity index (χ3v) is 4.50. The molecule has 0 aliphatic carbocycles. The second-order valence-electron chi connectivity index (χ2n) is 5.02. The van der Waals surface area contributed by atoms with Crippen molar-refractivity contribution in [1.82, 2.24) is 15.1 Å². The van der Waals surface area contributed by atoms with E-state index in [2.05, 4.69) is 59.4 Å². The average molecular weight is 291 g/mol. The van der Waals surface area contributed by atoms with Crippen LogP contribution >= 0.6 is 11.3 Å². The van der Waals surface area contributed by atoms with Crippen LogP contribution in [-0.2, 0) is 19.4 Å². The van der Waals surface area contributed by atoms with Crippen LogP contribution < -0.4 is 5.32 Å². The molecule has 1 unspecified atom stereocenters. The molecule has 2 heterocycles. The Bertz CT molecular complexity index is 502. The van der Waals surface area contributed by atoms with Crippen LogP contribution in [-0.4, -0.2) is 16.3 Å². The quantitative estimate of drug-likeness (QED) is 0.801. The highest BCUT2D eigenvalue weighted by Crippen LogP contribution is 2.23. The minimum Gasteiger partial charge on any atom is -0.309 e. The molecule has 20 heavy (non-hydrogen) atoms. The highest BCUT2D eigenvalue weighted by Gasteiger charge is 2.16. The molecule has 2 aromatic heterocycles. The lowest BCUT2D eigenvalue weighted by Crippen LogP contribution is -2.24. The van der Waals surface area contributed by atoms with Crippen LogP contribution in [0, 0.1) is 0 Å². The van der Waals surface area contributed by atoms with Crippen LogP contribution in [0.5, 0.6) is 0 Å². The van der Waals surface area contributed by atoms with Gasteiger partial charge in [-0.2, -0.15) is 5.10 Å². The lowest BCUT2D eigenvalue weighted by molar-refractivity contribution is 0.508. The molecule has 3 nitrogen and oxygen atoms in total. The van der Waals surface area contributed by atoms with Gasteiger partial charge in [0.2, 0.25) is 0 Å². The zero-order valence-electron chi connectivity index (χ0n) is 12.7. The first-order valence-electron chi connectivity index (χ1n) is 7.60. The molecule has 0 fully saturated rings. The summed E-state index contributed by atoms with van der Waals surface area (Å²) in [4.78, 5) is 1.42. The van der Waals surface area contributed by atoms with Gasteiger partial charge in [-0.25, -0.2) is 0 Å². The van der Waals surface area contributed by atoms with Crippen molar-refractivity contribution < 1.29 is 0 Å². The standard InChI is InChI=1S/C16H25N3S/c1-4-9-17-15(16-8-7-10-20-16)12-14-11-13(5-2)18-19(14)6-3/h7-8,10-11,15,17H,4-6,9,12H2,1-3H3. The maximum atomic E-state index is 4.65. The number of nitrogens with zero attached hydrogens (tertiary/aromatic N) is 2. The van der Waals surface area contributed by atoms with Gasteiger partial charge in [0, 0.05) is 29.6 Å². The first kappa shape index (κ1) is 15.3. The summed E-state index contributed by atoms with van der Waals surface area (Å²) >= 11 is 1.83. The summed E-state index contributed by atoms with van der Waals surface area (Å²) in [6, 6.07) is 7.03. The molecule has 0 aliphatic rings. The Labute approximate surface area is 126 Å². The maximum Gasteiger partial charge on any atom is 0.0624 e. The summed E-state index contributed by atoms with van der Waals surface area (Å²) in [6.07, 6.45) is 3.18. The molecule has 110 valence electrons. The number of hydrogen-bond donors (Lipinski definition) is 1. The van der Waals surface area contributed by atoms with Crippen molar-refractivity contribution >= 4 is 11.3 Å². The lowest BCUT2D eigenvalue weighted by atomic mass is 10.1. The third-order valence-electron chi connectivity index (χ3n) is 3.52. The second kappa shape index (κ2) is 7.60. The zero-order chi connectivity index (χ0) is 14.4. The Hall–Kier alpha value is -1.13. The monoisotopic (exact) mass is 291 g/mol. The molecule has 2 aromatic rings. The Morgan fingerprint density at radius 2 is 2.20 bits per heavy atom. The van der Waals surface area contributed by atoms with Gasteiger partial charge in [-0.1, -0.05) is 19.9 Å². The van der Waals surface area contributed by atoms with E-state index in [4.69, 9.17) is 0 Å². The molecule has 0 saturated carbocycles. The predicted octanol–water partition coefficient (Wildman–Crippen LogP) is 3.81. The smallest absolute Gasteiger partial charge is 0.0624 e. The number of thiophene rings is 1. The normalized spacial score (nSPS) is 12.8. The van der Waals surface area contributed by atoms with E-state index in [0.29, 0.717) is 6.04 Å². The van der Waals surface area contributed by atoms with Gasteiger partial charge in [0.05, 0.1) is 5.69 Å². The molecule has 4 heteroatoms. The number of rotatable bonds is 8. The molecule has 0 aliphatic heterocycles. The highest BCUT2D eigenvalue weighted by molar-refractivity contribution is 7.10. The highest BCUT2D eigenvalue weighted by atomic mass is 32.1. The van der Waals surface area contributed by atoms with Gasteiger partial charge in [0.15, 0.2) is 0 Å². The van der Waals surface area contributed by atoms with E-state index in [1.807, 2.05) is 11.3 Å². The van der Waals surface area contributed by atoms with Crippen molar-refractivity contribution in [3.63, 3.8) is 0 Å². The SMILES string of the molecule is CCCNC(Cc1cc(CC)nn1CC)c1cccs1. The molecule has 0 bridgehead atoms. The fraction of sp³-hybridized carbons (Fsp3) is 0.562. The molecule has 1 atom stereocenters. The molecule has 0 spiro atoms. The zero-order valence-corrected chi connectivity index (χ0v) is 13.5. The second-order valence-corrected chi connectivity index (χ2v) is 6.00. The molecule has 2 rings (SSSR count). The number of nitrogens with one attached hydrogen (secondary N) is 1. The van der Waals surface area contributed by atoms with Crippen LogP contribution in [0.15, 0.2) is 23.6 Å². The molecule has 0 amide bonds. The van der Waals surface area contributed by atoms with Crippen LogP contribution in [0.3, 0.4) is 0 Å². The van der Waals surface area contributed by atoms with E-state index in [0.717, 1.165) is 32.4 Å². The van der Waals surface area contributed by atoms with Gasteiger partial charge in [-0.3, -0.25) is 4.68 Å². The average Bonchev–Trinajstić information content (AvgIpc) is 3.12. The summed E-state index contributed by atoms with van der Waals surface area (Å²) in [5, 5.41) is 10.5. The van der Waals surface area contributed by atoms with Gasteiger partial charge < -0.3 is 5.32 Å². The Balaban J connectivity index is 2.16. The molecule has 0 aromatic carbocycles. The maximum absolute atomic E-state index is 4.65. The van der Waals surface area contributed by atoms with Crippen molar-refractivity contribution in [2.24, 2.45) is 0 Å². The molecule has 0 radical (unpaired) electrons. The molecule has 1 N–H and O–H groups in total. The van der Waals surface area contributed by atoms with Gasteiger partial charge in [-0.05, 0) is 43.8 Å². The van der Waals surface area contributed by atoms with Crippen molar-refractivity contribution in [3.8, 4) is 0 Å². The summed E-state index contributed by atoms with van der Waals surface area (Å²) in [7, 11) is 0. The topological polar surface area (TPSA) is 29.9 Å². The largest absolute Gasteiger partial charge is 0.309 e. The lowest BCUT2D eigenvalue weighted by Gasteiger charge is -2.17. The molecule has 0 saturated heterocycles. The predicted molar refractivity (Wildman–Crippen MR) is 86.3 cm³/mol. The summed E-state index contributed by atoms with van der Waals surface area (Å²) in [6.45, 7) is 8.54. The van der Waals surface area contributed by atoms with Crippen LogP contribution in [0.25, 0.3) is 0 Å². The van der Waals surface area contributed by atoms with Crippen molar-refractivity contribution in [2.75, 3.05) is 6.54 Å². The number of aromatic nitrogens is 2. The Morgan fingerprint density at radius 1 is 1.35 bits per heavy atom. The van der Waals surface area contributed by atoms with Crippen LogP contribution in [0.1, 0.15) is 49.5 Å². The third kappa shape index (κ3) is 3.70. The fourth-order valence-electron chi connectivity index (χ4n) is 2.42. The van der Waals surface area contributed by atoms with E-state index in [1.165, 1.54) is 16.3 Å². The van der Waals surface area contributed by atoms with Crippen LogP contribution in [0.4, 0.5) is 0 Å². The van der Waals surface area contributed by atoms with E-state index >= 15 is 0 Å². The number of hydrogen-bond acceptors (Lipinski definition) is 3. The van der Waals surface area contributed by atoms with E-state index in [9.17, 15) is 0 Å². The van der Waals surface area contributed by atoms with Crippen LogP contribution in [0.2, 0.25) is 0 Å². The van der Waals surface area contributed by atoms with Gasteiger partial charge in [0.25, 0.3) is 0 Å². The van der Waals surface area contributed by atoms with E-state index in [1.54, 1.807) is 0 Å².